The van der Waals surface area contributed by atoms with Crippen molar-refractivity contribution in [3.63, 3.8) is 0 Å². The molecule has 22 heavy (non-hydrogen) atoms. The van der Waals surface area contributed by atoms with Crippen molar-refractivity contribution in [2.24, 2.45) is 11.1 Å². The molecule has 0 spiro atoms. The zero-order valence-corrected chi connectivity index (χ0v) is 14.4. The van der Waals surface area contributed by atoms with Gasteiger partial charge in [-0.25, -0.2) is 0 Å². The van der Waals surface area contributed by atoms with Gasteiger partial charge in [0, 0.05) is 22.9 Å². The van der Waals surface area contributed by atoms with Crippen LogP contribution in [0.4, 0.5) is 0 Å². The van der Waals surface area contributed by atoms with Crippen LogP contribution in [0.25, 0.3) is 10.6 Å². The summed E-state index contributed by atoms with van der Waals surface area (Å²) in [5.74, 6) is 0.756. The third-order valence-corrected chi connectivity index (χ3v) is 4.34. The Labute approximate surface area is 137 Å². The highest BCUT2D eigenvalue weighted by molar-refractivity contribution is 7.15. The van der Waals surface area contributed by atoms with Gasteiger partial charge < -0.3 is 4.84 Å². The maximum Gasteiger partial charge on any atom is 0.143 e. The van der Waals surface area contributed by atoms with Gasteiger partial charge in [0.05, 0.1) is 10.6 Å². The molecule has 0 aliphatic carbocycles. The predicted molar refractivity (Wildman–Crippen MR) is 94.3 cm³/mol. The lowest BCUT2D eigenvalue weighted by Gasteiger charge is -2.02. The minimum atomic E-state index is 0.470. The highest BCUT2D eigenvalue weighted by Gasteiger charge is 2.02. The Balaban J connectivity index is 1.74. The van der Waals surface area contributed by atoms with E-state index >= 15 is 0 Å². The van der Waals surface area contributed by atoms with Crippen LogP contribution in [0.5, 0.6) is 0 Å². The Hall–Kier alpha value is -1.68. The van der Waals surface area contributed by atoms with Crippen molar-refractivity contribution < 1.29 is 4.84 Å². The summed E-state index contributed by atoms with van der Waals surface area (Å²) in [7, 11) is 0. The van der Waals surface area contributed by atoms with Gasteiger partial charge >= 0.3 is 0 Å². The molecule has 0 N–H and O–H groups in total. The van der Waals surface area contributed by atoms with E-state index in [0.717, 1.165) is 23.6 Å². The number of oxime groups is 1. The van der Waals surface area contributed by atoms with E-state index in [1.54, 1.807) is 11.3 Å². The molecule has 2 aromatic heterocycles. The van der Waals surface area contributed by atoms with Crippen molar-refractivity contribution in [2.45, 2.75) is 46.6 Å². The summed E-state index contributed by atoms with van der Waals surface area (Å²) in [4.78, 5) is 12.3. The van der Waals surface area contributed by atoms with Gasteiger partial charge in [-0.15, -0.1) is 11.3 Å². The first-order chi connectivity index (χ1) is 10.6. The number of hydrogen-bond donors (Lipinski definition) is 0. The first-order valence-electron chi connectivity index (χ1n) is 7.80. The predicted octanol–water partition coefficient (Wildman–Crippen LogP) is 5.45. The standard InChI is InChI=1S/C18H24N2OS/c1-14(2)6-4-5-11-20-21-13-16-8-9-17(19-12-16)18-10-7-15(3)22-18/h7-12,14H,4-6,13H2,1-3H3/b20-11+. The fourth-order valence-corrected chi connectivity index (χ4v) is 2.91. The third-order valence-electron chi connectivity index (χ3n) is 3.31. The van der Waals surface area contributed by atoms with Gasteiger partial charge in [0.2, 0.25) is 0 Å². The Bertz CT molecular complexity index is 587. The lowest BCUT2D eigenvalue weighted by molar-refractivity contribution is 0.131. The smallest absolute Gasteiger partial charge is 0.143 e. The molecule has 0 radical (unpaired) electrons. The van der Waals surface area contributed by atoms with Gasteiger partial charge in [-0.1, -0.05) is 31.5 Å². The fraction of sp³-hybridized carbons (Fsp3) is 0.444. The summed E-state index contributed by atoms with van der Waals surface area (Å²) in [5.41, 5.74) is 2.05. The van der Waals surface area contributed by atoms with E-state index in [1.165, 1.54) is 22.6 Å². The van der Waals surface area contributed by atoms with Crippen LogP contribution in [0, 0.1) is 12.8 Å². The molecule has 0 amide bonds. The Kier molecular flexibility index (Phi) is 6.59. The van der Waals surface area contributed by atoms with Gasteiger partial charge in [-0.05, 0) is 43.9 Å². The first-order valence-corrected chi connectivity index (χ1v) is 8.62. The largest absolute Gasteiger partial charge is 0.391 e. The molecule has 0 aliphatic rings. The van der Waals surface area contributed by atoms with E-state index in [-0.39, 0.29) is 0 Å². The fourth-order valence-electron chi connectivity index (χ4n) is 2.06. The van der Waals surface area contributed by atoms with Crippen LogP contribution in [-0.4, -0.2) is 11.2 Å². The highest BCUT2D eigenvalue weighted by atomic mass is 32.1. The van der Waals surface area contributed by atoms with Crippen LogP contribution in [0.1, 0.15) is 43.6 Å². The van der Waals surface area contributed by atoms with Gasteiger partial charge in [0.1, 0.15) is 6.61 Å². The number of aryl methyl sites for hydroxylation is 1. The quantitative estimate of drug-likeness (QED) is 0.369. The Morgan fingerprint density at radius 2 is 2.14 bits per heavy atom. The van der Waals surface area contributed by atoms with Crippen molar-refractivity contribution in [3.8, 4) is 10.6 Å². The second kappa shape index (κ2) is 8.69. The van der Waals surface area contributed by atoms with Crippen molar-refractivity contribution in [2.75, 3.05) is 0 Å². The molecule has 3 nitrogen and oxygen atoms in total. The number of nitrogens with zero attached hydrogens (tertiary/aromatic N) is 2. The van der Waals surface area contributed by atoms with Crippen LogP contribution in [0.15, 0.2) is 35.6 Å². The summed E-state index contributed by atoms with van der Waals surface area (Å²) >= 11 is 1.76. The molecule has 0 bridgehead atoms. The second-order valence-electron chi connectivity index (χ2n) is 5.85. The van der Waals surface area contributed by atoms with Crippen LogP contribution in [-0.2, 0) is 11.4 Å². The molecule has 2 rings (SSSR count). The average molecular weight is 316 g/mol. The molecule has 0 aromatic carbocycles. The lowest BCUT2D eigenvalue weighted by Crippen LogP contribution is -1.91. The van der Waals surface area contributed by atoms with Crippen molar-refractivity contribution >= 4 is 17.6 Å². The molecule has 0 unspecified atom stereocenters. The van der Waals surface area contributed by atoms with Crippen LogP contribution in [0.3, 0.4) is 0 Å². The number of pyridine rings is 1. The van der Waals surface area contributed by atoms with E-state index < -0.39 is 0 Å². The minimum absolute atomic E-state index is 0.470. The number of unbranched alkanes of at least 4 members (excludes halogenated alkanes) is 1. The molecule has 118 valence electrons. The van der Waals surface area contributed by atoms with E-state index in [1.807, 2.05) is 24.5 Å². The molecular weight excluding hydrogens is 292 g/mol. The maximum atomic E-state index is 5.31. The minimum Gasteiger partial charge on any atom is -0.391 e. The second-order valence-corrected chi connectivity index (χ2v) is 7.14. The molecule has 0 saturated carbocycles. The van der Waals surface area contributed by atoms with Crippen molar-refractivity contribution in [3.05, 3.63) is 40.9 Å². The topological polar surface area (TPSA) is 34.5 Å². The zero-order chi connectivity index (χ0) is 15.8. The molecule has 0 saturated heterocycles. The van der Waals surface area contributed by atoms with Crippen LogP contribution in [0.2, 0.25) is 0 Å². The number of aromatic nitrogens is 1. The van der Waals surface area contributed by atoms with Gasteiger partial charge in [-0.2, -0.15) is 0 Å². The summed E-state index contributed by atoms with van der Waals surface area (Å²) in [6.07, 6.45) is 7.10. The van der Waals surface area contributed by atoms with Gasteiger partial charge in [0.25, 0.3) is 0 Å². The number of thiophene rings is 1. The normalized spacial score (nSPS) is 11.5. The SMILES string of the molecule is Cc1ccc(-c2ccc(CO/N=C/CCCC(C)C)cn2)s1. The molecule has 4 heteroatoms. The molecule has 2 heterocycles. The molecule has 0 aliphatic heterocycles. The van der Waals surface area contributed by atoms with Crippen LogP contribution < -0.4 is 0 Å². The van der Waals surface area contributed by atoms with E-state index in [4.69, 9.17) is 4.84 Å². The third kappa shape index (κ3) is 5.60. The Morgan fingerprint density at radius 1 is 1.27 bits per heavy atom. The van der Waals surface area contributed by atoms with Crippen LogP contribution >= 0.6 is 11.3 Å². The summed E-state index contributed by atoms with van der Waals surface area (Å²) in [6.45, 7) is 7.05. The van der Waals surface area contributed by atoms with E-state index in [0.29, 0.717) is 6.61 Å². The van der Waals surface area contributed by atoms with Gasteiger partial charge in [-0.3, -0.25) is 4.98 Å². The Morgan fingerprint density at radius 3 is 2.77 bits per heavy atom. The summed E-state index contributed by atoms with van der Waals surface area (Å²) in [5, 5.41) is 4.00. The zero-order valence-electron chi connectivity index (χ0n) is 13.6. The maximum absolute atomic E-state index is 5.31. The number of hydrogen-bond acceptors (Lipinski definition) is 4. The lowest BCUT2D eigenvalue weighted by atomic mass is 10.1. The van der Waals surface area contributed by atoms with Crippen molar-refractivity contribution in [1.29, 1.82) is 0 Å². The van der Waals surface area contributed by atoms with E-state index in [2.05, 4.69) is 43.0 Å². The average Bonchev–Trinajstić information content (AvgIpc) is 2.93. The molecule has 0 fully saturated rings. The molecular formula is C18H24N2OS. The summed E-state index contributed by atoms with van der Waals surface area (Å²) < 4.78 is 0. The number of rotatable bonds is 8. The van der Waals surface area contributed by atoms with Gasteiger partial charge in [0.15, 0.2) is 0 Å². The van der Waals surface area contributed by atoms with Crippen molar-refractivity contribution in [1.82, 2.24) is 4.98 Å². The molecule has 2 aromatic rings. The summed E-state index contributed by atoms with van der Waals surface area (Å²) in [6, 6.07) is 8.31. The highest BCUT2D eigenvalue weighted by Crippen LogP contribution is 2.25. The first kappa shape index (κ1) is 16.7. The van der Waals surface area contributed by atoms with E-state index in [9.17, 15) is 0 Å². The monoisotopic (exact) mass is 316 g/mol. The molecule has 0 atom stereocenters.